The first-order chi connectivity index (χ1) is 16.8. The molecule has 36 heavy (non-hydrogen) atoms. The van der Waals surface area contributed by atoms with E-state index in [1.54, 1.807) is 6.92 Å². The molecule has 0 saturated carbocycles. The van der Waals surface area contributed by atoms with Crippen molar-refractivity contribution in [3.05, 3.63) is 58.8 Å². The number of carbonyl (C=O) groups is 1. The van der Waals surface area contributed by atoms with Crippen LogP contribution in [0.1, 0.15) is 30.3 Å². The lowest BCUT2D eigenvalue weighted by Gasteiger charge is -2.20. The number of hydrogen-bond acceptors (Lipinski definition) is 4. The van der Waals surface area contributed by atoms with Gasteiger partial charge in [-0.1, -0.05) is 6.07 Å². The molecule has 1 atom stereocenters. The number of fused-ring (bicyclic) bond motifs is 1. The van der Waals surface area contributed by atoms with E-state index in [-0.39, 0.29) is 30.6 Å². The maximum atomic E-state index is 14.2. The fourth-order valence-electron chi connectivity index (χ4n) is 3.89. The van der Waals surface area contributed by atoms with Crippen LogP contribution in [0.15, 0.2) is 33.8 Å². The van der Waals surface area contributed by atoms with Gasteiger partial charge >= 0.3 is 12.2 Å². The van der Waals surface area contributed by atoms with Crippen molar-refractivity contribution in [3.8, 4) is 11.1 Å². The SMILES string of the molecule is CCn1cc(F)c(S(N)(=O)=NC(=O)Nc2c3c(nc(C(F)(F)F)c2-c2ccc(F)c(F)c2)CCC3)n1. The average molecular weight is 532 g/mol. The van der Waals surface area contributed by atoms with Crippen molar-refractivity contribution in [2.24, 2.45) is 9.50 Å². The normalized spacial score (nSPS) is 14.9. The Morgan fingerprint density at radius 1 is 1.19 bits per heavy atom. The molecular weight excluding hydrogens is 514 g/mol. The first-order valence-electron chi connectivity index (χ1n) is 10.5. The zero-order valence-corrected chi connectivity index (χ0v) is 19.3. The molecule has 0 bridgehead atoms. The zero-order valence-electron chi connectivity index (χ0n) is 18.5. The van der Waals surface area contributed by atoms with Crippen LogP contribution in [0.4, 0.5) is 36.8 Å². The van der Waals surface area contributed by atoms with Crippen LogP contribution in [0.25, 0.3) is 11.1 Å². The summed E-state index contributed by atoms with van der Waals surface area (Å²) in [6.07, 6.45) is -3.36. The van der Waals surface area contributed by atoms with E-state index >= 15 is 0 Å². The Hall–Kier alpha value is -3.46. The van der Waals surface area contributed by atoms with Gasteiger partial charge < -0.3 is 5.32 Å². The first kappa shape index (κ1) is 25.6. The number of hydrogen-bond donors (Lipinski definition) is 2. The summed E-state index contributed by atoms with van der Waals surface area (Å²) in [5.74, 6) is -3.80. The van der Waals surface area contributed by atoms with Gasteiger partial charge in [-0.15, -0.1) is 4.36 Å². The standard InChI is InChI=1S/C21H18F6N6O2S/c1-2-33-9-14(24)19(31-33)36(28,35)32-20(34)30-17-11-4-3-5-15(11)29-18(21(25,26)27)16(17)10-6-7-12(22)13(23)8-10/h6-9H,2-5H2,1H3,(H3,28,29,30,32,34,35). The third-order valence-corrected chi connectivity index (χ3v) is 6.71. The summed E-state index contributed by atoms with van der Waals surface area (Å²) < 4.78 is 101. The minimum atomic E-state index is -5.04. The summed E-state index contributed by atoms with van der Waals surface area (Å²) in [4.78, 5) is 16.4. The summed E-state index contributed by atoms with van der Waals surface area (Å²) in [5, 5.41) is 10.6. The zero-order chi connectivity index (χ0) is 26.4. The van der Waals surface area contributed by atoms with Gasteiger partial charge in [-0.3, -0.25) is 4.68 Å². The van der Waals surface area contributed by atoms with Gasteiger partial charge in [0.1, 0.15) is 0 Å². The van der Waals surface area contributed by atoms with Gasteiger partial charge in [-0.05, 0) is 49.4 Å². The number of nitrogens with one attached hydrogen (secondary N) is 1. The second-order valence-corrected chi connectivity index (χ2v) is 9.55. The molecule has 1 aliphatic rings. The molecule has 0 aliphatic heterocycles. The Labute approximate surface area is 200 Å². The predicted molar refractivity (Wildman–Crippen MR) is 117 cm³/mol. The fraction of sp³-hybridized carbons (Fsp3) is 0.286. The fourth-order valence-corrected chi connectivity index (χ4v) is 4.82. The molecule has 0 spiro atoms. The molecule has 2 amide bonds. The van der Waals surface area contributed by atoms with E-state index in [1.165, 1.54) is 0 Å². The molecule has 8 nitrogen and oxygen atoms in total. The Morgan fingerprint density at radius 3 is 2.53 bits per heavy atom. The van der Waals surface area contributed by atoms with Crippen molar-refractivity contribution >= 4 is 21.6 Å². The minimum Gasteiger partial charge on any atom is -0.304 e. The number of urea groups is 1. The van der Waals surface area contributed by atoms with Gasteiger partial charge in [-0.25, -0.2) is 32.3 Å². The van der Waals surface area contributed by atoms with E-state index in [9.17, 15) is 35.3 Å². The van der Waals surface area contributed by atoms with Crippen molar-refractivity contribution in [1.29, 1.82) is 0 Å². The summed E-state index contributed by atoms with van der Waals surface area (Å²) >= 11 is 0. The highest BCUT2D eigenvalue weighted by Crippen LogP contribution is 2.44. The van der Waals surface area contributed by atoms with Crippen molar-refractivity contribution in [1.82, 2.24) is 14.8 Å². The van der Waals surface area contributed by atoms with Crippen LogP contribution in [0.2, 0.25) is 0 Å². The average Bonchev–Trinajstić information content (AvgIpc) is 3.41. The molecule has 15 heteroatoms. The van der Waals surface area contributed by atoms with Gasteiger partial charge in [0.25, 0.3) is 0 Å². The van der Waals surface area contributed by atoms with Gasteiger partial charge in [0.2, 0.25) is 5.03 Å². The molecule has 0 radical (unpaired) electrons. The number of aryl methyl sites for hydroxylation is 2. The third kappa shape index (κ3) is 4.80. The topological polar surface area (TPSA) is 115 Å². The summed E-state index contributed by atoms with van der Waals surface area (Å²) in [6.45, 7) is 1.81. The lowest BCUT2D eigenvalue weighted by Crippen LogP contribution is -2.21. The second kappa shape index (κ2) is 9.20. The number of rotatable bonds is 4. The highest BCUT2D eigenvalue weighted by atomic mass is 32.2. The van der Waals surface area contributed by atoms with Crippen LogP contribution in [0.3, 0.4) is 0 Å². The molecule has 4 rings (SSSR count). The first-order valence-corrected chi connectivity index (χ1v) is 12.1. The maximum Gasteiger partial charge on any atom is 0.434 e. The van der Waals surface area contributed by atoms with Crippen LogP contribution < -0.4 is 10.5 Å². The van der Waals surface area contributed by atoms with Crippen molar-refractivity contribution in [2.75, 3.05) is 5.32 Å². The molecule has 0 saturated heterocycles. The number of nitrogens with zero attached hydrogens (tertiary/aromatic N) is 4. The molecule has 192 valence electrons. The lowest BCUT2D eigenvalue weighted by atomic mass is 9.97. The monoisotopic (exact) mass is 532 g/mol. The van der Waals surface area contributed by atoms with Gasteiger partial charge in [-0.2, -0.15) is 18.3 Å². The number of nitrogens with two attached hydrogens (primary N) is 1. The number of alkyl halides is 3. The van der Waals surface area contributed by atoms with E-state index in [2.05, 4.69) is 19.8 Å². The number of amides is 2. The maximum absolute atomic E-state index is 14.2. The highest BCUT2D eigenvalue weighted by molar-refractivity contribution is 7.91. The Bertz CT molecular complexity index is 1490. The number of halogens is 6. The molecule has 1 aromatic carbocycles. The molecule has 3 aromatic rings. The smallest absolute Gasteiger partial charge is 0.304 e. The summed E-state index contributed by atoms with van der Waals surface area (Å²) in [6, 6.07) is 0.616. The molecule has 1 aliphatic carbocycles. The Balaban J connectivity index is 1.89. The molecule has 2 heterocycles. The molecule has 2 aromatic heterocycles. The number of benzene rings is 1. The van der Waals surface area contributed by atoms with Gasteiger partial charge in [0, 0.05) is 17.8 Å². The molecule has 1 unspecified atom stereocenters. The Morgan fingerprint density at radius 2 is 1.92 bits per heavy atom. The highest BCUT2D eigenvalue weighted by Gasteiger charge is 2.40. The van der Waals surface area contributed by atoms with Crippen molar-refractivity contribution in [2.45, 2.75) is 43.9 Å². The number of anilines is 1. The van der Waals surface area contributed by atoms with Crippen LogP contribution in [0, 0.1) is 17.5 Å². The van der Waals surface area contributed by atoms with Gasteiger partial charge in [0.05, 0.1) is 11.9 Å². The number of pyridine rings is 1. The van der Waals surface area contributed by atoms with E-state index < -0.39 is 67.1 Å². The third-order valence-electron chi connectivity index (χ3n) is 5.44. The minimum absolute atomic E-state index is 0.0465. The quantitative estimate of drug-likeness (QED) is 0.469. The number of aromatic nitrogens is 3. The van der Waals surface area contributed by atoms with Crippen LogP contribution in [-0.2, 0) is 35.5 Å². The Kier molecular flexibility index (Phi) is 6.55. The predicted octanol–water partition coefficient (Wildman–Crippen LogP) is 4.82. The van der Waals surface area contributed by atoms with Crippen LogP contribution >= 0.6 is 0 Å². The molecular formula is C21H18F6N6O2S. The summed E-state index contributed by atoms with van der Waals surface area (Å²) in [7, 11) is -4.23. The number of carbonyl (C=O) groups excluding carboxylic acids is 1. The largest absolute Gasteiger partial charge is 0.434 e. The van der Waals surface area contributed by atoms with Gasteiger partial charge in [0.15, 0.2) is 33.1 Å². The molecule has 3 N–H and O–H groups in total. The molecule has 0 fully saturated rings. The lowest BCUT2D eigenvalue weighted by molar-refractivity contribution is -0.140. The van der Waals surface area contributed by atoms with Crippen molar-refractivity contribution < 1.29 is 35.3 Å². The van der Waals surface area contributed by atoms with Crippen molar-refractivity contribution in [3.63, 3.8) is 0 Å². The van der Waals surface area contributed by atoms with E-state index in [4.69, 9.17) is 5.14 Å². The van der Waals surface area contributed by atoms with Crippen LogP contribution in [-0.4, -0.2) is 25.0 Å². The van der Waals surface area contributed by atoms with E-state index in [0.717, 1.165) is 16.9 Å². The van der Waals surface area contributed by atoms with E-state index in [1.807, 2.05) is 0 Å². The summed E-state index contributed by atoms with van der Waals surface area (Å²) in [5.41, 5.74) is -2.73. The van der Waals surface area contributed by atoms with E-state index in [0.29, 0.717) is 18.6 Å². The van der Waals surface area contributed by atoms with Crippen LogP contribution in [0.5, 0.6) is 0 Å². The second-order valence-electron chi connectivity index (χ2n) is 7.84.